The Bertz CT molecular complexity index is 365. The highest BCUT2D eigenvalue weighted by atomic mass is 16.7. The normalized spacial score (nSPS) is 9.88. The number of anilines is 1. The molecule has 0 saturated carbocycles. The second-order valence-corrected chi connectivity index (χ2v) is 2.97. The van der Waals surface area contributed by atoms with Gasteiger partial charge < -0.3 is 19.9 Å². The Balaban J connectivity index is 2.89. The molecule has 0 heterocycles. The molecule has 1 rings (SSSR count). The fourth-order valence-corrected chi connectivity index (χ4v) is 1.18. The zero-order valence-electron chi connectivity index (χ0n) is 9.36. The number of hydrogen-bond donors (Lipinski definition) is 1. The molecule has 0 saturated heterocycles. The summed E-state index contributed by atoms with van der Waals surface area (Å²) in [6.45, 7) is 2.46. The van der Waals surface area contributed by atoms with Crippen LogP contribution in [-0.4, -0.2) is 26.5 Å². The molecular formula is C11H15NO4. The third-order valence-electron chi connectivity index (χ3n) is 1.95. The van der Waals surface area contributed by atoms with Gasteiger partial charge in [0, 0.05) is 12.3 Å². The lowest BCUT2D eigenvalue weighted by atomic mass is 10.1. The average molecular weight is 225 g/mol. The Morgan fingerprint density at radius 1 is 1.44 bits per heavy atom. The minimum Gasteiger partial charge on any atom is -0.467 e. The van der Waals surface area contributed by atoms with Gasteiger partial charge >= 0.3 is 5.97 Å². The quantitative estimate of drug-likeness (QED) is 0.355. The molecule has 88 valence electrons. The molecule has 0 fully saturated rings. The van der Waals surface area contributed by atoms with Crippen LogP contribution in [0.5, 0.6) is 5.75 Å². The van der Waals surface area contributed by atoms with Gasteiger partial charge in [0.05, 0.1) is 7.11 Å². The maximum Gasteiger partial charge on any atom is 0.343 e. The number of carbonyl (C=O) groups is 1. The number of ether oxygens (including phenoxy) is 3. The highest BCUT2D eigenvalue weighted by Crippen LogP contribution is 2.25. The highest BCUT2D eigenvalue weighted by Gasteiger charge is 2.16. The summed E-state index contributed by atoms with van der Waals surface area (Å²) in [5.74, 6) is -0.162. The summed E-state index contributed by atoms with van der Waals surface area (Å²) < 4.78 is 14.9. The van der Waals surface area contributed by atoms with Gasteiger partial charge in [-0.2, -0.15) is 0 Å². The first kappa shape index (κ1) is 12.3. The summed E-state index contributed by atoms with van der Waals surface area (Å²) >= 11 is 0. The van der Waals surface area contributed by atoms with Crippen LogP contribution in [0.3, 0.4) is 0 Å². The molecule has 0 aliphatic heterocycles. The van der Waals surface area contributed by atoms with E-state index >= 15 is 0 Å². The second kappa shape index (κ2) is 5.97. The summed E-state index contributed by atoms with van der Waals surface area (Å²) in [6.07, 6.45) is 0. The van der Waals surface area contributed by atoms with Crippen LogP contribution in [0, 0.1) is 0 Å². The number of rotatable bonds is 5. The molecule has 5 nitrogen and oxygen atoms in total. The van der Waals surface area contributed by atoms with E-state index in [0.29, 0.717) is 18.0 Å². The molecular weight excluding hydrogens is 210 g/mol. The van der Waals surface area contributed by atoms with Gasteiger partial charge in [-0.25, -0.2) is 4.79 Å². The Kier molecular flexibility index (Phi) is 4.60. The average Bonchev–Trinajstić information content (AvgIpc) is 2.29. The van der Waals surface area contributed by atoms with Gasteiger partial charge in [0.1, 0.15) is 11.3 Å². The van der Waals surface area contributed by atoms with Crippen molar-refractivity contribution in [3.05, 3.63) is 23.8 Å². The summed E-state index contributed by atoms with van der Waals surface area (Å²) in [6, 6.07) is 4.95. The maximum absolute atomic E-state index is 11.5. The van der Waals surface area contributed by atoms with Crippen molar-refractivity contribution in [3.63, 3.8) is 0 Å². The summed E-state index contributed by atoms with van der Waals surface area (Å²) in [7, 11) is 1.29. The van der Waals surface area contributed by atoms with Crippen LogP contribution in [0.4, 0.5) is 5.69 Å². The molecule has 0 spiro atoms. The minimum absolute atomic E-state index is 0.0734. The van der Waals surface area contributed by atoms with Crippen LogP contribution in [0.2, 0.25) is 0 Å². The third-order valence-corrected chi connectivity index (χ3v) is 1.95. The van der Waals surface area contributed by atoms with Crippen molar-refractivity contribution in [2.45, 2.75) is 6.92 Å². The van der Waals surface area contributed by atoms with Crippen molar-refractivity contribution in [3.8, 4) is 5.75 Å². The topological polar surface area (TPSA) is 70.8 Å². The van der Waals surface area contributed by atoms with E-state index in [0.717, 1.165) is 0 Å². The van der Waals surface area contributed by atoms with Gasteiger partial charge in [-0.3, -0.25) is 0 Å². The van der Waals surface area contributed by atoms with Crippen LogP contribution in [-0.2, 0) is 9.47 Å². The number of nitrogens with two attached hydrogens (primary N) is 1. The molecule has 2 N–H and O–H groups in total. The van der Waals surface area contributed by atoms with Crippen LogP contribution in [0.1, 0.15) is 17.3 Å². The second-order valence-electron chi connectivity index (χ2n) is 2.97. The fraction of sp³-hybridized carbons (Fsp3) is 0.364. The predicted octanol–water partition coefficient (Wildman–Crippen LogP) is 1.43. The molecule has 0 aromatic heterocycles. The smallest absolute Gasteiger partial charge is 0.343 e. The Hall–Kier alpha value is -1.75. The lowest BCUT2D eigenvalue weighted by Crippen LogP contribution is -2.10. The largest absolute Gasteiger partial charge is 0.467 e. The van der Waals surface area contributed by atoms with Gasteiger partial charge in [-0.15, -0.1) is 0 Å². The van der Waals surface area contributed by atoms with Crippen molar-refractivity contribution in [1.29, 1.82) is 0 Å². The van der Waals surface area contributed by atoms with E-state index in [9.17, 15) is 4.79 Å². The standard InChI is InChI=1S/C11H15NO4/c1-3-15-7-16-9-6-4-5-8(12)10(9)11(13)14-2/h4-6H,3,7,12H2,1-2H3. The summed E-state index contributed by atoms with van der Waals surface area (Å²) in [4.78, 5) is 11.5. The van der Waals surface area contributed by atoms with Gasteiger partial charge in [0.15, 0.2) is 6.79 Å². The number of hydrogen-bond acceptors (Lipinski definition) is 5. The van der Waals surface area contributed by atoms with E-state index in [2.05, 4.69) is 4.74 Å². The molecule has 1 aromatic rings. The first-order valence-electron chi connectivity index (χ1n) is 4.88. The maximum atomic E-state index is 11.5. The lowest BCUT2D eigenvalue weighted by Gasteiger charge is -2.11. The van der Waals surface area contributed by atoms with E-state index in [4.69, 9.17) is 15.2 Å². The van der Waals surface area contributed by atoms with Crippen molar-refractivity contribution in [2.24, 2.45) is 0 Å². The van der Waals surface area contributed by atoms with E-state index in [1.165, 1.54) is 7.11 Å². The fourth-order valence-electron chi connectivity index (χ4n) is 1.18. The van der Waals surface area contributed by atoms with Gasteiger partial charge in [-0.1, -0.05) is 6.07 Å². The third kappa shape index (κ3) is 2.87. The minimum atomic E-state index is -0.524. The molecule has 0 aliphatic carbocycles. The van der Waals surface area contributed by atoms with Crippen LogP contribution < -0.4 is 10.5 Å². The zero-order chi connectivity index (χ0) is 12.0. The van der Waals surface area contributed by atoms with Crippen LogP contribution >= 0.6 is 0 Å². The number of carbonyl (C=O) groups excluding carboxylic acids is 1. The molecule has 5 heteroatoms. The Morgan fingerprint density at radius 2 is 2.19 bits per heavy atom. The Morgan fingerprint density at radius 3 is 2.81 bits per heavy atom. The number of esters is 1. The van der Waals surface area contributed by atoms with Crippen LogP contribution in [0.25, 0.3) is 0 Å². The number of benzene rings is 1. The van der Waals surface area contributed by atoms with E-state index in [-0.39, 0.29) is 12.4 Å². The first-order chi connectivity index (χ1) is 7.70. The number of methoxy groups -OCH3 is 1. The monoisotopic (exact) mass is 225 g/mol. The van der Waals surface area contributed by atoms with Crippen molar-refractivity contribution < 1.29 is 19.0 Å². The Labute approximate surface area is 94.1 Å². The molecule has 0 bridgehead atoms. The molecule has 0 atom stereocenters. The van der Waals surface area contributed by atoms with E-state index in [1.54, 1.807) is 18.2 Å². The van der Waals surface area contributed by atoms with E-state index in [1.807, 2.05) is 6.92 Å². The molecule has 0 unspecified atom stereocenters. The van der Waals surface area contributed by atoms with Crippen molar-refractivity contribution in [2.75, 3.05) is 26.2 Å². The summed E-state index contributed by atoms with van der Waals surface area (Å²) in [5.41, 5.74) is 6.23. The van der Waals surface area contributed by atoms with E-state index < -0.39 is 5.97 Å². The SMILES string of the molecule is CCOCOc1cccc(N)c1C(=O)OC. The lowest BCUT2D eigenvalue weighted by molar-refractivity contribution is 0.0211. The first-order valence-corrected chi connectivity index (χ1v) is 4.88. The van der Waals surface area contributed by atoms with Crippen molar-refractivity contribution in [1.82, 2.24) is 0 Å². The molecule has 16 heavy (non-hydrogen) atoms. The zero-order valence-corrected chi connectivity index (χ0v) is 9.36. The van der Waals surface area contributed by atoms with Gasteiger partial charge in [0.25, 0.3) is 0 Å². The molecule has 0 radical (unpaired) electrons. The van der Waals surface area contributed by atoms with Crippen LogP contribution in [0.15, 0.2) is 18.2 Å². The van der Waals surface area contributed by atoms with Crippen molar-refractivity contribution >= 4 is 11.7 Å². The molecule has 0 aliphatic rings. The van der Waals surface area contributed by atoms with Gasteiger partial charge in [-0.05, 0) is 19.1 Å². The highest BCUT2D eigenvalue weighted by molar-refractivity contribution is 5.98. The summed E-state index contributed by atoms with van der Waals surface area (Å²) in [5, 5.41) is 0. The predicted molar refractivity (Wildman–Crippen MR) is 59.3 cm³/mol. The molecule has 0 amide bonds. The van der Waals surface area contributed by atoms with Gasteiger partial charge in [0.2, 0.25) is 0 Å². The molecule has 1 aromatic carbocycles. The number of nitrogen functional groups attached to an aromatic ring is 1.